The molecule has 2 aromatic carbocycles. The standard InChI is InChI=1S/C18H22F3N3/c1-2-22-17(24-12-10-18(19,20)21)23-11-9-14-7-8-15-5-3-4-6-16(15)13-14/h3-8,13H,2,9-12H2,1H3,(H2,22,23,24). The highest BCUT2D eigenvalue weighted by molar-refractivity contribution is 5.83. The van der Waals surface area contributed by atoms with Gasteiger partial charge in [-0.2, -0.15) is 13.2 Å². The first-order chi connectivity index (χ1) is 11.5. The Morgan fingerprint density at radius 1 is 1.04 bits per heavy atom. The number of rotatable bonds is 6. The largest absolute Gasteiger partial charge is 0.390 e. The van der Waals surface area contributed by atoms with Crippen LogP contribution in [0.5, 0.6) is 0 Å². The molecule has 24 heavy (non-hydrogen) atoms. The predicted octanol–water partition coefficient (Wildman–Crippen LogP) is 3.89. The summed E-state index contributed by atoms with van der Waals surface area (Å²) >= 11 is 0. The molecule has 2 N–H and O–H groups in total. The highest BCUT2D eigenvalue weighted by Crippen LogP contribution is 2.19. The van der Waals surface area contributed by atoms with E-state index < -0.39 is 12.6 Å². The molecule has 6 heteroatoms. The van der Waals surface area contributed by atoms with Crippen molar-refractivity contribution in [3.63, 3.8) is 0 Å². The molecule has 2 aromatic rings. The quantitative estimate of drug-likeness (QED) is 0.620. The van der Waals surface area contributed by atoms with Crippen LogP contribution in [-0.2, 0) is 6.42 Å². The Balaban J connectivity index is 1.87. The van der Waals surface area contributed by atoms with Gasteiger partial charge in [0.1, 0.15) is 0 Å². The number of hydrogen-bond acceptors (Lipinski definition) is 1. The summed E-state index contributed by atoms with van der Waals surface area (Å²) in [5, 5.41) is 8.40. The minimum atomic E-state index is -4.17. The van der Waals surface area contributed by atoms with E-state index in [1.807, 2.05) is 19.1 Å². The van der Waals surface area contributed by atoms with E-state index in [0.29, 0.717) is 19.0 Å². The van der Waals surface area contributed by atoms with E-state index in [1.54, 1.807) is 0 Å². The maximum absolute atomic E-state index is 12.2. The summed E-state index contributed by atoms with van der Waals surface area (Å²) in [6.45, 7) is 2.82. The van der Waals surface area contributed by atoms with Crippen LogP contribution in [0.3, 0.4) is 0 Å². The van der Waals surface area contributed by atoms with Gasteiger partial charge >= 0.3 is 6.18 Å². The average molecular weight is 337 g/mol. The Morgan fingerprint density at radius 2 is 1.79 bits per heavy atom. The molecule has 0 aromatic heterocycles. The Labute approximate surface area is 140 Å². The van der Waals surface area contributed by atoms with Gasteiger partial charge < -0.3 is 10.6 Å². The SMILES string of the molecule is CCNC(=NCCC(F)(F)F)NCCc1ccc2ccccc2c1. The minimum Gasteiger partial charge on any atom is -0.357 e. The van der Waals surface area contributed by atoms with Crippen molar-refractivity contribution in [1.29, 1.82) is 0 Å². The van der Waals surface area contributed by atoms with Crippen LogP contribution in [0.4, 0.5) is 13.2 Å². The van der Waals surface area contributed by atoms with Crippen LogP contribution in [-0.4, -0.2) is 31.8 Å². The van der Waals surface area contributed by atoms with Gasteiger partial charge in [-0.1, -0.05) is 42.5 Å². The zero-order valence-corrected chi connectivity index (χ0v) is 13.7. The highest BCUT2D eigenvalue weighted by Gasteiger charge is 2.26. The molecule has 0 atom stereocenters. The van der Waals surface area contributed by atoms with Gasteiger partial charge in [0, 0.05) is 13.1 Å². The Morgan fingerprint density at radius 3 is 2.50 bits per heavy atom. The zero-order chi connectivity index (χ0) is 17.4. The topological polar surface area (TPSA) is 36.4 Å². The fourth-order valence-electron chi connectivity index (χ4n) is 2.36. The smallest absolute Gasteiger partial charge is 0.357 e. The summed E-state index contributed by atoms with van der Waals surface area (Å²) in [4.78, 5) is 3.95. The Hall–Kier alpha value is -2.24. The van der Waals surface area contributed by atoms with Crippen LogP contribution < -0.4 is 10.6 Å². The Bertz CT molecular complexity index is 681. The molecule has 130 valence electrons. The average Bonchev–Trinajstić information content (AvgIpc) is 2.53. The van der Waals surface area contributed by atoms with Crippen LogP contribution in [0.2, 0.25) is 0 Å². The molecule has 0 aliphatic carbocycles. The molecule has 2 rings (SSSR count). The number of hydrogen-bond donors (Lipinski definition) is 2. The van der Waals surface area contributed by atoms with Crippen molar-refractivity contribution in [2.75, 3.05) is 19.6 Å². The van der Waals surface area contributed by atoms with E-state index in [9.17, 15) is 13.2 Å². The van der Waals surface area contributed by atoms with Crippen molar-refractivity contribution < 1.29 is 13.2 Å². The van der Waals surface area contributed by atoms with Gasteiger partial charge in [-0.3, -0.25) is 4.99 Å². The van der Waals surface area contributed by atoms with Crippen molar-refractivity contribution >= 4 is 16.7 Å². The molecule has 0 aliphatic rings. The lowest BCUT2D eigenvalue weighted by Gasteiger charge is -2.12. The highest BCUT2D eigenvalue weighted by atomic mass is 19.4. The van der Waals surface area contributed by atoms with E-state index in [-0.39, 0.29) is 6.54 Å². The second-order valence-electron chi connectivity index (χ2n) is 5.48. The van der Waals surface area contributed by atoms with E-state index in [2.05, 4.69) is 46.0 Å². The molecule has 0 aliphatic heterocycles. The summed E-state index contributed by atoms with van der Waals surface area (Å²) in [5.41, 5.74) is 1.17. The number of fused-ring (bicyclic) bond motifs is 1. The fourth-order valence-corrected chi connectivity index (χ4v) is 2.36. The van der Waals surface area contributed by atoms with Crippen molar-refractivity contribution in [3.8, 4) is 0 Å². The molecule has 0 heterocycles. The van der Waals surface area contributed by atoms with Crippen LogP contribution in [0.15, 0.2) is 47.5 Å². The fraction of sp³-hybridized carbons (Fsp3) is 0.389. The number of nitrogens with one attached hydrogen (secondary N) is 2. The van der Waals surface area contributed by atoms with Crippen LogP contribution in [0.1, 0.15) is 18.9 Å². The zero-order valence-electron chi connectivity index (χ0n) is 13.7. The van der Waals surface area contributed by atoms with E-state index in [1.165, 1.54) is 16.3 Å². The first-order valence-electron chi connectivity index (χ1n) is 8.04. The third-order valence-electron chi connectivity index (χ3n) is 3.53. The summed E-state index contributed by atoms with van der Waals surface area (Å²) < 4.78 is 36.5. The first kappa shape index (κ1) is 18.1. The van der Waals surface area contributed by atoms with Crippen molar-refractivity contribution in [3.05, 3.63) is 48.0 Å². The maximum atomic E-state index is 12.2. The third kappa shape index (κ3) is 6.10. The second-order valence-corrected chi connectivity index (χ2v) is 5.48. The summed E-state index contributed by atoms with van der Waals surface area (Å²) in [7, 11) is 0. The number of alkyl halides is 3. The predicted molar refractivity (Wildman–Crippen MR) is 92.3 cm³/mol. The van der Waals surface area contributed by atoms with Gasteiger partial charge in [-0.15, -0.1) is 0 Å². The molecule has 0 bridgehead atoms. The summed E-state index contributed by atoms with van der Waals surface area (Å²) in [5.74, 6) is 0.419. The molecular weight excluding hydrogens is 315 g/mol. The van der Waals surface area contributed by atoms with Gasteiger partial charge in [0.2, 0.25) is 0 Å². The lowest BCUT2D eigenvalue weighted by atomic mass is 10.1. The number of guanidine groups is 1. The van der Waals surface area contributed by atoms with Gasteiger partial charge in [-0.25, -0.2) is 0 Å². The normalized spacial score (nSPS) is 12.4. The number of benzene rings is 2. The van der Waals surface area contributed by atoms with Crippen molar-refractivity contribution in [2.45, 2.75) is 25.9 Å². The lowest BCUT2D eigenvalue weighted by molar-refractivity contribution is -0.132. The van der Waals surface area contributed by atoms with Crippen LogP contribution in [0, 0.1) is 0 Å². The number of nitrogens with zero attached hydrogens (tertiary/aromatic N) is 1. The minimum absolute atomic E-state index is 0.269. The molecule has 0 saturated heterocycles. The van der Waals surface area contributed by atoms with Crippen LogP contribution in [0.25, 0.3) is 10.8 Å². The van der Waals surface area contributed by atoms with Crippen molar-refractivity contribution in [1.82, 2.24) is 10.6 Å². The Kier molecular flexibility index (Phi) is 6.46. The lowest BCUT2D eigenvalue weighted by Crippen LogP contribution is -2.38. The second kappa shape index (κ2) is 8.57. The van der Waals surface area contributed by atoms with E-state index >= 15 is 0 Å². The summed E-state index contributed by atoms with van der Waals surface area (Å²) in [6.07, 6.45) is -4.31. The molecule has 0 amide bonds. The third-order valence-corrected chi connectivity index (χ3v) is 3.53. The monoisotopic (exact) mass is 337 g/mol. The van der Waals surface area contributed by atoms with Gasteiger partial charge in [-0.05, 0) is 29.7 Å². The van der Waals surface area contributed by atoms with Gasteiger partial charge in [0.25, 0.3) is 0 Å². The molecule has 3 nitrogen and oxygen atoms in total. The number of aliphatic imine (C=N–C) groups is 1. The van der Waals surface area contributed by atoms with Crippen LogP contribution >= 0.6 is 0 Å². The summed E-state index contributed by atoms with van der Waals surface area (Å²) in [6, 6.07) is 14.4. The maximum Gasteiger partial charge on any atom is 0.390 e. The molecule has 0 saturated carbocycles. The van der Waals surface area contributed by atoms with Crippen molar-refractivity contribution in [2.24, 2.45) is 4.99 Å². The molecule has 0 unspecified atom stereocenters. The van der Waals surface area contributed by atoms with Gasteiger partial charge in [0.15, 0.2) is 5.96 Å². The molecule has 0 spiro atoms. The van der Waals surface area contributed by atoms with Gasteiger partial charge in [0.05, 0.1) is 13.0 Å². The first-order valence-corrected chi connectivity index (χ1v) is 8.04. The van der Waals surface area contributed by atoms with E-state index in [4.69, 9.17) is 0 Å². The molecule has 0 fully saturated rings. The molecular formula is C18H22F3N3. The molecule has 0 radical (unpaired) electrons. The number of halogens is 3. The van der Waals surface area contributed by atoms with E-state index in [0.717, 1.165) is 6.42 Å².